The summed E-state index contributed by atoms with van der Waals surface area (Å²) in [6.45, 7) is 2.08. The molecule has 1 atom stereocenters. The van der Waals surface area contributed by atoms with E-state index < -0.39 is 11.7 Å². The van der Waals surface area contributed by atoms with Crippen molar-refractivity contribution in [1.29, 1.82) is 5.26 Å². The predicted octanol–water partition coefficient (Wildman–Crippen LogP) is 5.41. The summed E-state index contributed by atoms with van der Waals surface area (Å²) in [7, 11) is 0. The maximum atomic E-state index is 15.2. The van der Waals surface area contributed by atoms with Crippen molar-refractivity contribution in [3.05, 3.63) is 67.8 Å². The number of rotatable bonds is 1. The standard InChI is InChI=1S/C26H21BrFN5OS/c27-13-4-5-16(28)14(10-13)20-15(11-29)24-31-23(30)22-19-12-6-8-32(9-7-12)25(19)35-26(22)33(24)17-2-1-3-18(34)21(17)20/h4-5,10,12,20H,1-3,6-9H2,(H2,30,31)/t20-/m0/s1. The first-order valence-corrected chi connectivity index (χ1v) is 13.5. The zero-order chi connectivity index (χ0) is 24.0. The van der Waals surface area contributed by atoms with E-state index in [-0.39, 0.29) is 11.4 Å². The molecule has 1 aromatic heterocycles. The smallest absolute Gasteiger partial charge is 0.161 e. The van der Waals surface area contributed by atoms with Gasteiger partial charge in [0.25, 0.3) is 0 Å². The highest BCUT2D eigenvalue weighted by Crippen LogP contribution is 2.58. The first-order chi connectivity index (χ1) is 17.0. The fourth-order valence-electron chi connectivity index (χ4n) is 6.40. The molecule has 176 valence electrons. The molecule has 35 heavy (non-hydrogen) atoms. The SMILES string of the molecule is N#CC1=C2N=C(N)c3c(sc4c3C3CCN4CC3)N2C2=C(C(=O)CCC2)[C@H]1c1cc(Br)ccc1F. The first-order valence-electron chi connectivity index (χ1n) is 11.9. The first kappa shape index (κ1) is 21.3. The lowest BCUT2D eigenvalue weighted by atomic mass is 9.75. The van der Waals surface area contributed by atoms with E-state index in [9.17, 15) is 10.1 Å². The van der Waals surface area contributed by atoms with Gasteiger partial charge in [-0.2, -0.15) is 5.26 Å². The molecule has 0 unspecified atom stereocenters. The Kier molecular flexibility index (Phi) is 4.58. The van der Waals surface area contributed by atoms with Crippen molar-refractivity contribution in [1.82, 2.24) is 0 Å². The van der Waals surface area contributed by atoms with Gasteiger partial charge in [0, 0.05) is 46.4 Å². The molecule has 0 spiro atoms. The summed E-state index contributed by atoms with van der Waals surface area (Å²) in [5.41, 5.74) is 10.8. The van der Waals surface area contributed by atoms with Gasteiger partial charge in [-0.1, -0.05) is 27.3 Å². The van der Waals surface area contributed by atoms with Crippen LogP contribution in [-0.2, 0) is 4.79 Å². The van der Waals surface area contributed by atoms with Crippen molar-refractivity contribution in [2.75, 3.05) is 22.9 Å². The molecule has 9 heteroatoms. The van der Waals surface area contributed by atoms with Crippen LogP contribution in [0.25, 0.3) is 0 Å². The highest BCUT2D eigenvalue weighted by atomic mass is 79.9. The number of aliphatic imine (C=N–C) groups is 1. The molecule has 1 saturated heterocycles. The average molecular weight is 550 g/mol. The number of nitrogens with zero attached hydrogens (tertiary/aromatic N) is 4. The van der Waals surface area contributed by atoms with Gasteiger partial charge in [0.05, 0.1) is 28.1 Å². The van der Waals surface area contributed by atoms with Gasteiger partial charge >= 0.3 is 0 Å². The number of anilines is 2. The number of allylic oxidation sites excluding steroid dienone is 3. The molecule has 6 heterocycles. The van der Waals surface area contributed by atoms with E-state index in [0.717, 1.165) is 42.2 Å². The minimum absolute atomic E-state index is 0.0309. The zero-order valence-corrected chi connectivity index (χ0v) is 21.2. The number of nitriles is 1. The summed E-state index contributed by atoms with van der Waals surface area (Å²) in [6, 6.07) is 6.95. The molecular weight excluding hydrogens is 529 g/mol. The van der Waals surface area contributed by atoms with Crippen molar-refractivity contribution >= 4 is 48.9 Å². The van der Waals surface area contributed by atoms with Gasteiger partial charge in [0.1, 0.15) is 16.7 Å². The molecule has 5 aliphatic heterocycles. The molecule has 1 fully saturated rings. The van der Waals surface area contributed by atoms with Crippen LogP contribution in [0.5, 0.6) is 0 Å². The third-order valence-corrected chi connectivity index (χ3v) is 9.65. The molecule has 0 amide bonds. The summed E-state index contributed by atoms with van der Waals surface area (Å²) in [5, 5.41) is 12.6. The Morgan fingerprint density at radius 3 is 2.80 bits per heavy atom. The van der Waals surface area contributed by atoms with Crippen molar-refractivity contribution < 1.29 is 9.18 Å². The van der Waals surface area contributed by atoms with Gasteiger partial charge in [-0.05, 0) is 49.8 Å². The largest absolute Gasteiger partial charge is 0.383 e. The monoisotopic (exact) mass is 549 g/mol. The molecule has 1 aliphatic carbocycles. The van der Waals surface area contributed by atoms with Crippen LogP contribution in [0, 0.1) is 17.1 Å². The van der Waals surface area contributed by atoms with Crippen LogP contribution >= 0.6 is 27.3 Å². The average Bonchev–Trinajstić information content (AvgIpc) is 3.29. The van der Waals surface area contributed by atoms with Crippen LogP contribution in [0.2, 0.25) is 0 Å². The van der Waals surface area contributed by atoms with Crippen LogP contribution in [0.1, 0.15) is 60.6 Å². The number of carbonyl (C=O) groups is 1. The van der Waals surface area contributed by atoms with E-state index in [2.05, 4.69) is 26.9 Å². The van der Waals surface area contributed by atoms with Crippen LogP contribution < -0.4 is 15.5 Å². The lowest BCUT2D eigenvalue weighted by Crippen LogP contribution is -2.40. The van der Waals surface area contributed by atoms with Gasteiger partial charge < -0.3 is 10.6 Å². The second kappa shape index (κ2) is 7.52. The van der Waals surface area contributed by atoms with Gasteiger partial charge in [-0.3, -0.25) is 9.69 Å². The predicted molar refractivity (Wildman–Crippen MR) is 137 cm³/mol. The fraction of sp³-hybridized carbons (Fsp3) is 0.346. The number of hydrogen-bond donors (Lipinski definition) is 1. The molecule has 6 aliphatic rings. The van der Waals surface area contributed by atoms with Gasteiger partial charge in [-0.15, -0.1) is 0 Å². The van der Waals surface area contributed by atoms with Crippen LogP contribution in [0.15, 0.2) is 50.3 Å². The minimum Gasteiger partial charge on any atom is -0.383 e. The zero-order valence-electron chi connectivity index (χ0n) is 18.8. The summed E-state index contributed by atoms with van der Waals surface area (Å²) in [5.74, 6) is 0.00562. The quantitative estimate of drug-likeness (QED) is 0.513. The summed E-state index contributed by atoms with van der Waals surface area (Å²) >= 11 is 5.11. The molecule has 2 aromatic rings. The molecule has 6 nitrogen and oxygen atoms in total. The number of nitrogens with two attached hydrogens (primary N) is 1. The summed E-state index contributed by atoms with van der Waals surface area (Å²) in [6.07, 6.45) is 3.98. The molecule has 8 rings (SSSR count). The lowest BCUT2D eigenvalue weighted by Gasteiger charge is -2.41. The van der Waals surface area contributed by atoms with Gasteiger partial charge in [0.15, 0.2) is 11.6 Å². The van der Waals surface area contributed by atoms with Crippen molar-refractivity contribution in [2.24, 2.45) is 10.7 Å². The van der Waals surface area contributed by atoms with Gasteiger partial charge in [-0.25, -0.2) is 9.38 Å². The van der Waals surface area contributed by atoms with E-state index in [1.54, 1.807) is 23.5 Å². The number of amidine groups is 1. The molecule has 1 aromatic carbocycles. The third-order valence-electron chi connectivity index (χ3n) is 7.90. The van der Waals surface area contributed by atoms with Crippen LogP contribution in [-0.4, -0.2) is 24.7 Å². The van der Waals surface area contributed by atoms with Gasteiger partial charge in [0.2, 0.25) is 0 Å². The maximum Gasteiger partial charge on any atom is 0.161 e. The molecular formula is C26H21BrFN5OS. The number of carbonyl (C=O) groups excluding carboxylic acids is 1. The normalized spacial score (nSPS) is 23.1. The number of Topliss-reactive ketones (excluding diaryl/α,β-unsaturated/α-hetero) is 1. The second-order valence-corrected chi connectivity index (χ2v) is 11.6. The van der Waals surface area contributed by atoms with E-state index in [4.69, 9.17) is 10.7 Å². The van der Waals surface area contributed by atoms with Crippen molar-refractivity contribution in [2.45, 2.75) is 43.9 Å². The minimum atomic E-state index is -0.806. The lowest BCUT2D eigenvalue weighted by molar-refractivity contribution is -0.116. The van der Waals surface area contributed by atoms with E-state index in [0.29, 0.717) is 52.4 Å². The van der Waals surface area contributed by atoms with E-state index >= 15 is 4.39 Å². The topological polar surface area (TPSA) is 85.7 Å². The Labute approximate surface area is 214 Å². The summed E-state index contributed by atoms with van der Waals surface area (Å²) in [4.78, 5) is 22.6. The number of thiophene rings is 1. The number of hydrogen-bond acceptors (Lipinski definition) is 7. The number of halogens is 2. The fourth-order valence-corrected chi connectivity index (χ4v) is 8.26. The molecule has 2 bridgehead atoms. The van der Waals surface area contributed by atoms with E-state index in [1.165, 1.54) is 16.6 Å². The van der Waals surface area contributed by atoms with Crippen molar-refractivity contribution in [3.8, 4) is 6.07 Å². The Morgan fingerprint density at radius 1 is 1.23 bits per heavy atom. The van der Waals surface area contributed by atoms with Crippen molar-refractivity contribution in [3.63, 3.8) is 0 Å². The number of benzene rings is 1. The highest BCUT2D eigenvalue weighted by molar-refractivity contribution is 9.10. The third kappa shape index (κ3) is 2.84. The number of piperidine rings is 1. The Bertz CT molecular complexity index is 1470. The maximum absolute atomic E-state index is 15.2. The number of ketones is 1. The Balaban J connectivity index is 1.53. The Morgan fingerprint density at radius 2 is 2.03 bits per heavy atom. The summed E-state index contributed by atoms with van der Waals surface area (Å²) < 4.78 is 15.9. The van der Waals surface area contributed by atoms with E-state index in [1.807, 2.05) is 4.90 Å². The van der Waals surface area contributed by atoms with Crippen LogP contribution in [0.4, 0.5) is 14.4 Å². The molecule has 2 N–H and O–H groups in total. The number of fused-ring (bicyclic) bond motifs is 6. The van der Waals surface area contributed by atoms with Crippen LogP contribution in [0.3, 0.4) is 0 Å². The molecule has 0 saturated carbocycles. The molecule has 0 radical (unpaired) electrons. The second-order valence-electron chi connectivity index (χ2n) is 9.68. The highest BCUT2D eigenvalue weighted by Gasteiger charge is 2.47. The Hall–Kier alpha value is -2.96.